The van der Waals surface area contributed by atoms with Crippen molar-refractivity contribution in [3.05, 3.63) is 0 Å². The number of hydrogen-bond acceptors (Lipinski definition) is 1. The number of unbranched alkanes of at least 4 members (excludes halogenated alkanes) is 3. The molecular weight excluding hydrogens is 194 g/mol. The van der Waals surface area contributed by atoms with Crippen molar-refractivity contribution in [2.45, 2.75) is 65.7 Å². The van der Waals surface area contributed by atoms with Crippen molar-refractivity contribution in [3.8, 4) is 0 Å². The van der Waals surface area contributed by atoms with Crippen LogP contribution in [0.25, 0.3) is 0 Å². The van der Waals surface area contributed by atoms with Crippen LogP contribution in [0.5, 0.6) is 0 Å². The average molecular weight is 225 g/mol. The van der Waals surface area contributed by atoms with Gasteiger partial charge in [-0.2, -0.15) is 0 Å². The summed E-state index contributed by atoms with van der Waals surface area (Å²) in [5.74, 6) is 0.963. The van der Waals surface area contributed by atoms with Crippen molar-refractivity contribution in [1.82, 2.24) is 4.90 Å². The van der Waals surface area contributed by atoms with Crippen molar-refractivity contribution in [2.75, 3.05) is 20.1 Å². The summed E-state index contributed by atoms with van der Waals surface area (Å²) < 4.78 is 0. The highest BCUT2D eigenvalue weighted by Crippen LogP contribution is 2.38. The quantitative estimate of drug-likeness (QED) is 0.608. The second-order valence-electron chi connectivity index (χ2n) is 6.38. The Bertz CT molecular complexity index is 178. The summed E-state index contributed by atoms with van der Waals surface area (Å²) in [7, 11) is 2.25. The zero-order chi connectivity index (χ0) is 12.0. The maximum Gasteiger partial charge on any atom is -0.00189 e. The van der Waals surface area contributed by atoms with E-state index in [1.165, 1.54) is 58.0 Å². The minimum atomic E-state index is 0.578. The maximum absolute atomic E-state index is 2.49. The molecule has 0 bridgehead atoms. The van der Waals surface area contributed by atoms with Gasteiger partial charge < -0.3 is 4.90 Å². The maximum atomic E-state index is 2.49. The third-order valence-electron chi connectivity index (χ3n) is 4.50. The van der Waals surface area contributed by atoms with Crippen LogP contribution in [-0.2, 0) is 0 Å². The number of piperidine rings is 1. The Balaban J connectivity index is 2.26. The third kappa shape index (κ3) is 4.45. The standard InChI is InChI=1S/C15H31N/c1-5-6-7-8-11-15(2,3)14-9-12-16(4)13-10-14/h14H,5-13H2,1-4H3. The van der Waals surface area contributed by atoms with Gasteiger partial charge in [0.25, 0.3) is 0 Å². The van der Waals surface area contributed by atoms with Gasteiger partial charge in [0.2, 0.25) is 0 Å². The van der Waals surface area contributed by atoms with Crippen molar-refractivity contribution in [3.63, 3.8) is 0 Å². The van der Waals surface area contributed by atoms with Crippen molar-refractivity contribution < 1.29 is 0 Å². The molecule has 0 spiro atoms. The van der Waals surface area contributed by atoms with Gasteiger partial charge in [0.05, 0.1) is 0 Å². The molecular formula is C15H31N. The van der Waals surface area contributed by atoms with E-state index < -0.39 is 0 Å². The summed E-state index contributed by atoms with van der Waals surface area (Å²) in [5.41, 5.74) is 0.578. The van der Waals surface area contributed by atoms with E-state index in [1.807, 2.05) is 0 Å². The largest absolute Gasteiger partial charge is 0.306 e. The summed E-state index contributed by atoms with van der Waals surface area (Å²) in [4.78, 5) is 2.48. The fourth-order valence-corrected chi connectivity index (χ4v) is 3.00. The zero-order valence-electron chi connectivity index (χ0n) is 11.9. The van der Waals surface area contributed by atoms with Gasteiger partial charge in [0.15, 0.2) is 0 Å². The Labute approximate surface area is 103 Å². The molecule has 0 radical (unpaired) electrons. The monoisotopic (exact) mass is 225 g/mol. The predicted molar refractivity (Wildman–Crippen MR) is 72.8 cm³/mol. The Hall–Kier alpha value is -0.0400. The van der Waals surface area contributed by atoms with Gasteiger partial charge in [-0.15, -0.1) is 0 Å². The lowest BCUT2D eigenvalue weighted by Crippen LogP contribution is -2.36. The van der Waals surface area contributed by atoms with Crippen LogP contribution in [0.15, 0.2) is 0 Å². The van der Waals surface area contributed by atoms with Crippen LogP contribution in [-0.4, -0.2) is 25.0 Å². The fraction of sp³-hybridized carbons (Fsp3) is 1.00. The normalized spacial score (nSPS) is 20.2. The summed E-state index contributed by atoms with van der Waals surface area (Å²) >= 11 is 0. The summed E-state index contributed by atoms with van der Waals surface area (Å²) in [5, 5.41) is 0. The van der Waals surface area contributed by atoms with E-state index in [-0.39, 0.29) is 0 Å². The van der Waals surface area contributed by atoms with E-state index in [0.717, 1.165) is 5.92 Å². The van der Waals surface area contributed by atoms with Crippen molar-refractivity contribution in [1.29, 1.82) is 0 Å². The molecule has 0 atom stereocenters. The molecule has 1 aliphatic heterocycles. The van der Waals surface area contributed by atoms with E-state index in [9.17, 15) is 0 Å². The van der Waals surface area contributed by atoms with Crippen LogP contribution < -0.4 is 0 Å². The Morgan fingerprint density at radius 3 is 2.25 bits per heavy atom. The molecule has 1 saturated heterocycles. The molecule has 0 aromatic rings. The molecule has 1 nitrogen and oxygen atoms in total. The van der Waals surface area contributed by atoms with Crippen LogP contribution >= 0.6 is 0 Å². The molecule has 96 valence electrons. The second kappa shape index (κ2) is 6.64. The van der Waals surface area contributed by atoms with Gasteiger partial charge in [0, 0.05) is 0 Å². The highest BCUT2D eigenvalue weighted by atomic mass is 15.1. The van der Waals surface area contributed by atoms with Gasteiger partial charge >= 0.3 is 0 Å². The first-order valence-electron chi connectivity index (χ1n) is 7.25. The zero-order valence-corrected chi connectivity index (χ0v) is 11.9. The number of rotatable bonds is 6. The minimum Gasteiger partial charge on any atom is -0.306 e. The summed E-state index contributed by atoms with van der Waals surface area (Å²) in [6.07, 6.45) is 9.91. The molecule has 1 heterocycles. The molecule has 16 heavy (non-hydrogen) atoms. The SMILES string of the molecule is CCCCCCC(C)(C)C1CCN(C)CC1. The minimum absolute atomic E-state index is 0.578. The molecule has 1 fully saturated rings. The summed E-state index contributed by atoms with van der Waals surface area (Å²) in [6, 6.07) is 0. The first-order valence-corrected chi connectivity index (χ1v) is 7.25. The van der Waals surface area contributed by atoms with E-state index >= 15 is 0 Å². The number of hydrogen-bond donors (Lipinski definition) is 0. The molecule has 0 saturated carbocycles. The third-order valence-corrected chi connectivity index (χ3v) is 4.50. The smallest absolute Gasteiger partial charge is 0.00189 e. The Morgan fingerprint density at radius 1 is 1.06 bits per heavy atom. The van der Waals surface area contributed by atoms with Crippen molar-refractivity contribution >= 4 is 0 Å². The number of likely N-dealkylation sites (tertiary alicyclic amines) is 1. The van der Waals surface area contributed by atoms with Gasteiger partial charge in [-0.05, 0) is 50.7 Å². The van der Waals surface area contributed by atoms with Gasteiger partial charge in [-0.1, -0.05) is 46.5 Å². The molecule has 0 unspecified atom stereocenters. The Morgan fingerprint density at radius 2 is 1.69 bits per heavy atom. The highest BCUT2D eigenvalue weighted by Gasteiger charge is 2.30. The van der Waals surface area contributed by atoms with Crippen molar-refractivity contribution in [2.24, 2.45) is 11.3 Å². The lowest BCUT2D eigenvalue weighted by atomic mass is 9.71. The molecule has 1 aliphatic rings. The van der Waals surface area contributed by atoms with E-state index in [2.05, 4.69) is 32.7 Å². The van der Waals surface area contributed by atoms with Crippen LogP contribution in [0.1, 0.15) is 65.7 Å². The lowest BCUT2D eigenvalue weighted by molar-refractivity contribution is 0.104. The van der Waals surface area contributed by atoms with Gasteiger partial charge in [0.1, 0.15) is 0 Å². The Kier molecular flexibility index (Phi) is 5.82. The first kappa shape index (κ1) is 14.0. The van der Waals surface area contributed by atoms with E-state index in [1.54, 1.807) is 0 Å². The number of nitrogens with zero attached hydrogens (tertiary/aromatic N) is 1. The topological polar surface area (TPSA) is 3.24 Å². The average Bonchev–Trinajstić information content (AvgIpc) is 2.25. The van der Waals surface area contributed by atoms with Crippen LogP contribution in [0, 0.1) is 11.3 Å². The van der Waals surface area contributed by atoms with Crippen LogP contribution in [0.2, 0.25) is 0 Å². The molecule has 1 heteroatoms. The predicted octanol–water partition coefficient (Wildman–Crippen LogP) is 4.32. The second-order valence-corrected chi connectivity index (χ2v) is 6.38. The van der Waals surface area contributed by atoms with Gasteiger partial charge in [-0.3, -0.25) is 0 Å². The first-order chi connectivity index (χ1) is 7.56. The fourth-order valence-electron chi connectivity index (χ4n) is 3.00. The molecule has 0 aliphatic carbocycles. The molecule has 0 N–H and O–H groups in total. The molecule has 0 amide bonds. The molecule has 0 aromatic heterocycles. The lowest BCUT2D eigenvalue weighted by Gasteiger charge is -2.40. The van der Waals surface area contributed by atoms with E-state index in [0.29, 0.717) is 5.41 Å². The molecule has 1 rings (SSSR count). The highest BCUT2D eigenvalue weighted by molar-refractivity contribution is 4.82. The van der Waals surface area contributed by atoms with Crippen LogP contribution in [0.4, 0.5) is 0 Å². The summed E-state index contributed by atoms with van der Waals surface area (Å²) in [6.45, 7) is 9.90. The van der Waals surface area contributed by atoms with Crippen LogP contribution in [0.3, 0.4) is 0 Å². The van der Waals surface area contributed by atoms with E-state index in [4.69, 9.17) is 0 Å². The van der Waals surface area contributed by atoms with Gasteiger partial charge in [-0.25, -0.2) is 0 Å². The molecule has 0 aromatic carbocycles.